The molecule has 0 aliphatic heterocycles. The summed E-state index contributed by atoms with van der Waals surface area (Å²) < 4.78 is 5.92. The summed E-state index contributed by atoms with van der Waals surface area (Å²) in [4.78, 5) is 25.8. The molecule has 3 rings (SSSR count). The van der Waals surface area contributed by atoms with E-state index >= 15 is 0 Å². The Labute approximate surface area is 197 Å². The van der Waals surface area contributed by atoms with Crippen molar-refractivity contribution in [3.8, 4) is 0 Å². The number of nitrogens with zero attached hydrogens (tertiary/aromatic N) is 2. The number of ether oxygens (including phenoxy) is 1. The van der Waals surface area contributed by atoms with E-state index < -0.39 is 0 Å². The fourth-order valence-corrected chi connectivity index (χ4v) is 4.69. The van der Waals surface area contributed by atoms with Gasteiger partial charge in [0.05, 0.1) is 12.2 Å². The Morgan fingerprint density at radius 1 is 1.13 bits per heavy atom. The number of nitrogens with one attached hydrogen (secondary N) is 2. The molecule has 1 aromatic heterocycles. The van der Waals surface area contributed by atoms with Gasteiger partial charge in [0.25, 0.3) is 11.8 Å². The van der Waals surface area contributed by atoms with Crippen LogP contribution in [-0.4, -0.2) is 48.0 Å². The topological polar surface area (TPSA) is 93.2 Å². The molecule has 0 fully saturated rings. The second-order valence-electron chi connectivity index (χ2n) is 6.31. The molecular formula is C21H21BrN4O3S2. The van der Waals surface area contributed by atoms with E-state index in [1.54, 1.807) is 37.1 Å². The average molecular weight is 521 g/mol. The standard InChI is InChI=1S/C21H21BrN4O3S2/c1-29-11-12-30-17-8-3-2-7-16(17)20(28)24-21-26-25-18(31-21)9-10-23-19(27)14-5-4-6-15(22)13-14/h2-8,13H,9-12H2,1H3,(H,23,27)(H,24,26,28). The fraction of sp³-hybridized carbons (Fsp3) is 0.238. The van der Waals surface area contributed by atoms with Crippen LogP contribution in [0.2, 0.25) is 0 Å². The first-order valence-corrected chi connectivity index (χ1v) is 12.0. The second-order valence-corrected chi connectivity index (χ2v) is 9.42. The van der Waals surface area contributed by atoms with E-state index in [9.17, 15) is 9.59 Å². The third kappa shape index (κ3) is 7.13. The van der Waals surface area contributed by atoms with Crippen molar-refractivity contribution >= 4 is 56.0 Å². The number of hydrogen-bond acceptors (Lipinski definition) is 7. The first-order valence-electron chi connectivity index (χ1n) is 9.45. The molecule has 31 heavy (non-hydrogen) atoms. The Balaban J connectivity index is 1.52. The van der Waals surface area contributed by atoms with Gasteiger partial charge in [-0.2, -0.15) is 0 Å². The molecule has 0 aliphatic carbocycles. The van der Waals surface area contributed by atoms with Crippen molar-refractivity contribution in [2.45, 2.75) is 11.3 Å². The highest BCUT2D eigenvalue weighted by Gasteiger charge is 2.14. The lowest BCUT2D eigenvalue weighted by Gasteiger charge is -2.08. The second kappa shape index (κ2) is 11.9. The molecule has 0 saturated carbocycles. The molecule has 0 unspecified atom stereocenters. The first-order chi connectivity index (χ1) is 15.1. The molecule has 7 nitrogen and oxygen atoms in total. The molecule has 0 aliphatic rings. The zero-order valence-electron chi connectivity index (χ0n) is 16.8. The average Bonchev–Trinajstić information content (AvgIpc) is 3.21. The molecule has 10 heteroatoms. The van der Waals surface area contributed by atoms with Crippen molar-refractivity contribution in [1.29, 1.82) is 0 Å². The normalized spacial score (nSPS) is 10.6. The van der Waals surface area contributed by atoms with Crippen LogP contribution in [-0.2, 0) is 11.2 Å². The van der Waals surface area contributed by atoms with Gasteiger partial charge in [-0.3, -0.25) is 14.9 Å². The van der Waals surface area contributed by atoms with Crippen molar-refractivity contribution in [1.82, 2.24) is 15.5 Å². The van der Waals surface area contributed by atoms with Crippen LogP contribution in [0, 0.1) is 0 Å². The largest absolute Gasteiger partial charge is 0.384 e. The lowest BCUT2D eigenvalue weighted by molar-refractivity contribution is 0.0953. The van der Waals surface area contributed by atoms with Crippen molar-refractivity contribution in [2.75, 3.05) is 31.3 Å². The lowest BCUT2D eigenvalue weighted by Crippen LogP contribution is -2.25. The summed E-state index contributed by atoms with van der Waals surface area (Å²) in [6.07, 6.45) is 0.525. The van der Waals surface area contributed by atoms with Crippen molar-refractivity contribution < 1.29 is 14.3 Å². The van der Waals surface area contributed by atoms with Crippen LogP contribution in [0.25, 0.3) is 0 Å². The van der Waals surface area contributed by atoms with E-state index in [0.717, 1.165) is 20.1 Å². The van der Waals surface area contributed by atoms with Crippen LogP contribution in [0.4, 0.5) is 5.13 Å². The van der Waals surface area contributed by atoms with E-state index in [4.69, 9.17) is 4.74 Å². The Hall–Kier alpha value is -2.27. The number of benzene rings is 2. The molecule has 2 amide bonds. The molecular weight excluding hydrogens is 500 g/mol. The van der Waals surface area contributed by atoms with Gasteiger partial charge in [0.15, 0.2) is 0 Å². The van der Waals surface area contributed by atoms with Crippen LogP contribution >= 0.6 is 39.0 Å². The predicted octanol–water partition coefficient (Wildman–Crippen LogP) is 4.26. The number of methoxy groups -OCH3 is 1. The Morgan fingerprint density at radius 3 is 2.77 bits per heavy atom. The fourth-order valence-electron chi connectivity index (χ4n) is 2.60. The molecule has 0 spiro atoms. The number of amides is 2. The van der Waals surface area contributed by atoms with Crippen molar-refractivity contribution in [2.24, 2.45) is 0 Å². The van der Waals surface area contributed by atoms with Crippen LogP contribution < -0.4 is 10.6 Å². The van der Waals surface area contributed by atoms with Gasteiger partial charge in [0.2, 0.25) is 5.13 Å². The summed E-state index contributed by atoms with van der Waals surface area (Å²) in [6, 6.07) is 14.6. The molecule has 0 saturated heterocycles. The zero-order chi connectivity index (χ0) is 22.1. The molecule has 0 radical (unpaired) electrons. The van der Waals surface area contributed by atoms with E-state index in [2.05, 4.69) is 36.8 Å². The summed E-state index contributed by atoms with van der Waals surface area (Å²) in [5.74, 6) is 0.378. The number of thioether (sulfide) groups is 1. The minimum atomic E-state index is -0.230. The Morgan fingerprint density at radius 2 is 1.97 bits per heavy atom. The minimum absolute atomic E-state index is 0.151. The quantitative estimate of drug-likeness (QED) is 0.306. The van der Waals surface area contributed by atoms with Gasteiger partial charge >= 0.3 is 0 Å². The Kier molecular flexibility index (Phi) is 9.01. The van der Waals surface area contributed by atoms with E-state index in [0.29, 0.717) is 35.8 Å². The number of carbonyl (C=O) groups is 2. The summed E-state index contributed by atoms with van der Waals surface area (Å²) in [5.41, 5.74) is 1.17. The molecule has 162 valence electrons. The van der Waals surface area contributed by atoms with Gasteiger partial charge in [-0.05, 0) is 30.3 Å². The van der Waals surface area contributed by atoms with Crippen molar-refractivity contribution in [3.63, 3.8) is 0 Å². The Bertz CT molecular complexity index is 1040. The summed E-state index contributed by atoms with van der Waals surface area (Å²) in [7, 11) is 1.65. The van der Waals surface area contributed by atoms with Gasteiger partial charge in [-0.1, -0.05) is 45.5 Å². The van der Waals surface area contributed by atoms with E-state index in [1.807, 2.05) is 30.3 Å². The zero-order valence-corrected chi connectivity index (χ0v) is 20.0. The number of carbonyl (C=O) groups excluding carboxylic acids is 2. The van der Waals surface area contributed by atoms with Crippen molar-refractivity contribution in [3.05, 3.63) is 69.1 Å². The maximum Gasteiger partial charge on any atom is 0.258 e. The van der Waals surface area contributed by atoms with Gasteiger partial charge in [-0.15, -0.1) is 22.0 Å². The number of aromatic nitrogens is 2. The third-order valence-electron chi connectivity index (χ3n) is 4.08. The maximum atomic E-state index is 12.7. The monoisotopic (exact) mass is 520 g/mol. The number of hydrogen-bond donors (Lipinski definition) is 2. The maximum absolute atomic E-state index is 12.7. The first kappa shape index (κ1) is 23.4. The number of rotatable bonds is 10. The van der Waals surface area contributed by atoms with Gasteiger partial charge < -0.3 is 10.1 Å². The van der Waals surface area contributed by atoms with Gasteiger partial charge in [0, 0.05) is 40.8 Å². The predicted molar refractivity (Wildman–Crippen MR) is 127 cm³/mol. The molecule has 0 bridgehead atoms. The van der Waals surface area contributed by atoms with Crippen LogP contribution in [0.15, 0.2) is 57.9 Å². The lowest BCUT2D eigenvalue weighted by atomic mass is 10.2. The third-order valence-corrected chi connectivity index (χ3v) is 6.50. The van der Waals surface area contributed by atoms with Gasteiger partial charge in [-0.25, -0.2) is 0 Å². The highest BCUT2D eigenvalue weighted by Crippen LogP contribution is 2.24. The molecule has 0 atom stereocenters. The molecule has 1 heterocycles. The van der Waals surface area contributed by atoms with Crippen LogP contribution in [0.5, 0.6) is 0 Å². The smallest absolute Gasteiger partial charge is 0.258 e. The van der Waals surface area contributed by atoms with E-state index in [-0.39, 0.29) is 11.8 Å². The molecule has 2 aromatic carbocycles. The SMILES string of the molecule is COCCSc1ccccc1C(=O)Nc1nnc(CCNC(=O)c2cccc(Br)c2)s1. The highest BCUT2D eigenvalue weighted by molar-refractivity contribution is 9.10. The summed E-state index contributed by atoms with van der Waals surface area (Å²) in [5, 5.41) is 15.0. The molecule has 3 aromatic rings. The minimum Gasteiger partial charge on any atom is -0.384 e. The van der Waals surface area contributed by atoms with E-state index in [1.165, 1.54) is 11.3 Å². The van der Waals surface area contributed by atoms with Gasteiger partial charge in [0.1, 0.15) is 5.01 Å². The summed E-state index contributed by atoms with van der Waals surface area (Å²) >= 11 is 6.22. The number of anilines is 1. The number of halogens is 1. The summed E-state index contributed by atoms with van der Waals surface area (Å²) in [6.45, 7) is 1.03. The molecule has 2 N–H and O–H groups in total. The highest BCUT2D eigenvalue weighted by atomic mass is 79.9. The van der Waals surface area contributed by atoms with Crippen LogP contribution in [0.3, 0.4) is 0 Å². The van der Waals surface area contributed by atoms with Crippen LogP contribution in [0.1, 0.15) is 25.7 Å².